The summed E-state index contributed by atoms with van der Waals surface area (Å²) in [6.07, 6.45) is 4.01. The lowest BCUT2D eigenvalue weighted by molar-refractivity contribution is -0.123. The standard InChI is InChI=1S/C13H22N4O2/c1-11-3-7-16-17(11)9-12(18)15-10-13(19)4-2-6-14-8-5-13/h3,7,14,19H,2,4-6,8-10H2,1H3,(H,15,18)/t13-/m1/s1. The van der Waals surface area contributed by atoms with E-state index in [0.717, 1.165) is 31.6 Å². The highest BCUT2D eigenvalue weighted by Crippen LogP contribution is 2.18. The van der Waals surface area contributed by atoms with E-state index in [1.807, 2.05) is 13.0 Å². The first-order chi connectivity index (χ1) is 9.09. The van der Waals surface area contributed by atoms with Gasteiger partial charge in [0.2, 0.25) is 5.91 Å². The Kier molecular flexibility index (Phi) is 4.55. The second-order valence-corrected chi connectivity index (χ2v) is 5.23. The summed E-state index contributed by atoms with van der Waals surface area (Å²) >= 11 is 0. The molecule has 2 rings (SSSR count). The summed E-state index contributed by atoms with van der Waals surface area (Å²) < 4.78 is 1.65. The number of carbonyl (C=O) groups excluding carboxylic acids is 1. The Bertz CT molecular complexity index is 422. The van der Waals surface area contributed by atoms with Crippen LogP contribution in [0.2, 0.25) is 0 Å². The summed E-state index contributed by atoms with van der Waals surface area (Å²) in [5.41, 5.74) is 0.172. The van der Waals surface area contributed by atoms with Crippen LogP contribution in [0, 0.1) is 6.92 Å². The molecule has 0 saturated carbocycles. The Morgan fingerprint density at radius 2 is 2.42 bits per heavy atom. The number of hydrogen-bond acceptors (Lipinski definition) is 4. The van der Waals surface area contributed by atoms with Crippen molar-refractivity contribution < 1.29 is 9.90 Å². The van der Waals surface area contributed by atoms with Gasteiger partial charge in [0.1, 0.15) is 6.54 Å². The van der Waals surface area contributed by atoms with Crippen LogP contribution in [-0.4, -0.2) is 46.0 Å². The van der Waals surface area contributed by atoms with Gasteiger partial charge in [-0.1, -0.05) is 0 Å². The number of aryl methyl sites for hydroxylation is 1. The van der Waals surface area contributed by atoms with E-state index in [1.165, 1.54) is 0 Å². The maximum absolute atomic E-state index is 11.8. The summed E-state index contributed by atoms with van der Waals surface area (Å²) in [5, 5.41) is 20.5. The van der Waals surface area contributed by atoms with E-state index in [-0.39, 0.29) is 12.5 Å². The third kappa shape index (κ3) is 4.04. The number of hydrogen-bond donors (Lipinski definition) is 3. The highest BCUT2D eigenvalue weighted by molar-refractivity contribution is 5.75. The van der Waals surface area contributed by atoms with Gasteiger partial charge in [-0.3, -0.25) is 9.48 Å². The molecule has 1 atom stereocenters. The molecule has 1 aliphatic rings. The van der Waals surface area contributed by atoms with Crippen LogP contribution in [0.4, 0.5) is 0 Å². The number of aromatic nitrogens is 2. The second kappa shape index (κ2) is 6.16. The molecule has 106 valence electrons. The minimum Gasteiger partial charge on any atom is -0.388 e. The van der Waals surface area contributed by atoms with Crippen LogP contribution in [0.5, 0.6) is 0 Å². The Morgan fingerprint density at radius 3 is 3.16 bits per heavy atom. The van der Waals surface area contributed by atoms with Crippen LogP contribution in [0.3, 0.4) is 0 Å². The van der Waals surface area contributed by atoms with Gasteiger partial charge in [-0.05, 0) is 45.3 Å². The monoisotopic (exact) mass is 266 g/mol. The number of rotatable bonds is 4. The highest BCUT2D eigenvalue weighted by Gasteiger charge is 2.28. The normalized spacial score (nSPS) is 23.9. The summed E-state index contributed by atoms with van der Waals surface area (Å²) in [4.78, 5) is 11.8. The Morgan fingerprint density at radius 1 is 1.58 bits per heavy atom. The van der Waals surface area contributed by atoms with E-state index in [0.29, 0.717) is 13.0 Å². The van der Waals surface area contributed by atoms with E-state index < -0.39 is 5.60 Å². The van der Waals surface area contributed by atoms with Crippen molar-refractivity contribution in [3.05, 3.63) is 18.0 Å². The minimum absolute atomic E-state index is 0.113. The second-order valence-electron chi connectivity index (χ2n) is 5.23. The number of nitrogens with one attached hydrogen (secondary N) is 2. The van der Waals surface area contributed by atoms with E-state index >= 15 is 0 Å². The molecule has 0 aromatic carbocycles. The molecule has 1 aromatic rings. The molecule has 1 amide bonds. The SMILES string of the molecule is Cc1ccnn1CC(=O)NC[C@@]1(O)CCCNCC1. The van der Waals surface area contributed by atoms with Gasteiger partial charge < -0.3 is 15.7 Å². The largest absolute Gasteiger partial charge is 0.388 e. The van der Waals surface area contributed by atoms with Crippen molar-refractivity contribution in [2.45, 2.75) is 38.3 Å². The number of carbonyl (C=O) groups is 1. The Balaban J connectivity index is 1.81. The van der Waals surface area contributed by atoms with E-state index in [9.17, 15) is 9.90 Å². The van der Waals surface area contributed by atoms with Gasteiger partial charge in [0.15, 0.2) is 0 Å². The fraction of sp³-hybridized carbons (Fsp3) is 0.692. The lowest BCUT2D eigenvalue weighted by atomic mass is 9.95. The molecule has 1 saturated heterocycles. The summed E-state index contributed by atoms with van der Waals surface area (Å²) in [5.74, 6) is -0.113. The van der Waals surface area contributed by atoms with Crippen molar-refractivity contribution >= 4 is 5.91 Å². The smallest absolute Gasteiger partial charge is 0.241 e. The molecular formula is C13H22N4O2. The molecule has 0 aliphatic carbocycles. The molecule has 0 radical (unpaired) electrons. The van der Waals surface area contributed by atoms with Gasteiger partial charge >= 0.3 is 0 Å². The van der Waals surface area contributed by atoms with Crippen LogP contribution in [0.25, 0.3) is 0 Å². The van der Waals surface area contributed by atoms with Crippen LogP contribution < -0.4 is 10.6 Å². The molecule has 6 nitrogen and oxygen atoms in total. The van der Waals surface area contributed by atoms with E-state index in [2.05, 4.69) is 15.7 Å². The highest BCUT2D eigenvalue weighted by atomic mass is 16.3. The van der Waals surface area contributed by atoms with Gasteiger partial charge in [-0.2, -0.15) is 5.10 Å². The van der Waals surface area contributed by atoms with Crippen molar-refractivity contribution in [3.8, 4) is 0 Å². The summed E-state index contributed by atoms with van der Waals surface area (Å²) in [6, 6.07) is 1.86. The molecule has 0 unspecified atom stereocenters. The summed E-state index contributed by atoms with van der Waals surface area (Å²) in [6.45, 7) is 4.15. The number of nitrogens with zero attached hydrogens (tertiary/aromatic N) is 2. The predicted molar refractivity (Wildman–Crippen MR) is 71.6 cm³/mol. The average Bonchev–Trinajstić information content (AvgIpc) is 2.64. The average molecular weight is 266 g/mol. The molecule has 3 N–H and O–H groups in total. The third-order valence-corrected chi connectivity index (χ3v) is 3.60. The van der Waals surface area contributed by atoms with Crippen LogP contribution in [0.1, 0.15) is 25.0 Å². The van der Waals surface area contributed by atoms with Gasteiger partial charge in [-0.15, -0.1) is 0 Å². The number of amides is 1. The van der Waals surface area contributed by atoms with Crippen LogP contribution in [-0.2, 0) is 11.3 Å². The molecular weight excluding hydrogens is 244 g/mol. The maximum Gasteiger partial charge on any atom is 0.241 e. The summed E-state index contributed by atoms with van der Waals surface area (Å²) in [7, 11) is 0. The van der Waals surface area contributed by atoms with Crippen molar-refractivity contribution in [1.29, 1.82) is 0 Å². The molecule has 6 heteroatoms. The zero-order chi connectivity index (χ0) is 13.7. The van der Waals surface area contributed by atoms with Crippen molar-refractivity contribution in [3.63, 3.8) is 0 Å². The van der Waals surface area contributed by atoms with Crippen LogP contribution >= 0.6 is 0 Å². The molecule has 0 spiro atoms. The molecule has 2 heterocycles. The van der Waals surface area contributed by atoms with E-state index in [1.54, 1.807) is 10.9 Å². The quantitative estimate of drug-likeness (QED) is 0.706. The first-order valence-corrected chi connectivity index (χ1v) is 6.77. The zero-order valence-corrected chi connectivity index (χ0v) is 11.4. The van der Waals surface area contributed by atoms with Crippen molar-refractivity contribution in [2.24, 2.45) is 0 Å². The van der Waals surface area contributed by atoms with Gasteiger partial charge in [0.25, 0.3) is 0 Å². The fourth-order valence-electron chi connectivity index (χ4n) is 2.31. The van der Waals surface area contributed by atoms with E-state index in [4.69, 9.17) is 0 Å². The topological polar surface area (TPSA) is 79.2 Å². The fourth-order valence-corrected chi connectivity index (χ4v) is 2.31. The molecule has 19 heavy (non-hydrogen) atoms. The third-order valence-electron chi connectivity index (χ3n) is 3.60. The Labute approximate surface area is 113 Å². The first kappa shape index (κ1) is 14.0. The molecule has 0 bridgehead atoms. The van der Waals surface area contributed by atoms with Crippen molar-refractivity contribution in [1.82, 2.24) is 20.4 Å². The number of aliphatic hydroxyl groups is 1. The zero-order valence-electron chi connectivity index (χ0n) is 11.4. The molecule has 1 aromatic heterocycles. The maximum atomic E-state index is 11.8. The van der Waals surface area contributed by atoms with Gasteiger partial charge in [0, 0.05) is 18.4 Å². The molecule has 1 fully saturated rings. The Hall–Kier alpha value is -1.40. The van der Waals surface area contributed by atoms with Gasteiger partial charge in [-0.25, -0.2) is 0 Å². The van der Waals surface area contributed by atoms with Gasteiger partial charge in [0.05, 0.1) is 5.60 Å². The van der Waals surface area contributed by atoms with Crippen LogP contribution in [0.15, 0.2) is 12.3 Å². The lowest BCUT2D eigenvalue weighted by Crippen LogP contribution is -2.44. The minimum atomic E-state index is -0.779. The van der Waals surface area contributed by atoms with Crippen molar-refractivity contribution in [2.75, 3.05) is 19.6 Å². The first-order valence-electron chi connectivity index (χ1n) is 6.77. The predicted octanol–water partition coefficient (Wildman–Crippen LogP) is -0.188. The molecule has 1 aliphatic heterocycles. The lowest BCUT2D eigenvalue weighted by Gasteiger charge is -2.26.